The van der Waals surface area contributed by atoms with Crippen LogP contribution in [0.4, 0.5) is 5.69 Å². The molecule has 0 atom stereocenters. The molecule has 0 aliphatic heterocycles. The van der Waals surface area contributed by atoms with Crippen LogP contribution in [0.3, 0.4) is 0 Å². The molecule has 1 aromatic rings. The summed E-state index contributed by atoms with van der Waals surface area (Å²) in [4.78, 5) is -1.62. The van der Waals surface area contributed by atoms with Crippen LogP contribution in [0.1, 0.15) is 0 Å². The fourth-order valence-electron chi connectivity index (χ4n) is 1.37. The molecule has 0 aliphatic carbocycles. The molecule has 0 unspecified atom stereocenters. The summed E-state index contributed by atoms with van der Waals surface area (Å²) in [5.74, 6) is 0. The van der Waals surface area contributed by atoms with Crippen LogP contribution in [0, 0.1) is 0 Å². The van der Waals surface area contributed by atoms with Crippen molar-refractivity contribution in [2.75, 3.05) is 0 Å². The number of nitrogens with zero attached hydrogens (tertiary/aromatic N) is 1. The van der Waals surface area contributed by atoms with E-state index in [1.807, 2.05) is 0 Å². The van der Waals surface area contributed by atoms with Crippen LogP contribution in [-0.2, 0) is 30.4 Å². The van der Waals surface area contributed by atoms with E-state index in [1.54, 1.807) is 5.16 Å². The first kappa shape index (κ1) is 17.8. The van der Waals surface area contributed by atoms with Crippen LogP contribution in [0.25, 0.3) is 0 Å². The van der Waals surface area contributed by atoms with Gasteiger partial charge in [-0.05, 0) is 24.4 Å². The number of hydrogen-bond donors (Lipinski definition) is 3. The molecule has 0 radical (unpaired) electrons. The maximum atomic E-state index is 11.3. The van der Waals surface area contributed by atoms with E-state index in [4.69, 9.17) is 13.7 Å². The average molecular weight is 375 g/mol. The molecule has 21 heavy (non-hydrogen) atoms. The molecule has 1 aromatic carbocycles. The van der Waals surface area contributed by atoms with Crippen LogP contribution in [0.15, 0.2) is 31.8 Å². The van der Waals surface area contributed by atoms with Crippen molar-refractivity contribution in [2.24, 2.45) is 4.99 Å². The van der Waals surface area contributed by atoms with Gasteiger partial charge in [-0.3, -0.25) is 13.7 Å². The van der Waals surface area contributed by atoms with Crippen LogP contribution < -0.4 is 0 Å². The van der Waals surface area contributed by atoms with Crippen molar-refractivity contribution in [1.29, 1.82) is 0 Å². The van der Waals surface area contributed by atoms with Gasteiger partial charge in [0.1, 0.15) is 14.7 Å². The lowest BCUT2D eigenvalue weighted by atomic mass is 10.3. The van der Waals surface area contributed by atoms with Gasteiger partial charge < -0.3 is 0 Å². The number of benzene rings is 1. The summed E-state index contributed by atoms with van der Waals surface area (Å²) < 4.78 is 94.1. The van der Waals surface area contributed by atoms with E-state index in [1.165, 1.54) is 0 Å². The Kier molecular flexibility index (Phi) is 4.67. The van der Waals surface area contributed by atoms with E-state index in [9.17, 15) is 25.3 Å². The first-order valence-electron chi connectivity index (χ1n) is 4.47. The largest absolute Gasteiger partial charge is 0.298 e. The minimum absolute atomic E-state index is 0.457. The number of thiocarbonyl (C=S) groups is 1. The van der Waals surface area contributed by atoms with Crippen LogP contribution in [-0.4, -0.2) is 44.1 Å². The Morgan fingerprint density at radius 1 is 0.857 bits per heavy atom. The smallest absolute Gasteiger partial charge is 0.282 e. The summed E-state index contributed by atoms with van der Waals surface area (Å²) in [7, 11) is -16.1. The van der Waals surface area contributed by atoms with Crippen LogP contribution in [0.5, 0.6) is 0 Å². The van der Waals surface area contributed by atoms with Gasteiger partial charge in [0, 0.05) is 0 Å². The van der Waals surface area contributed by atoms with Crippen molar-refractivity contribution in [3.05, 3.63) is 12.1 Å². The first-order valence-corrected chi connectivity index (χ1v) is 9.20. The Morgan fingerprint density at radius 2 is 1.33 bits per heavy atom. The second kappa shape index (κ2) is 5.51. The van der Waals surface area contributed by atoms with E-state index >= 15 is 0 Å². The minimum Gasteiger partial charge on any atom is -0.282 e. The molecular weight excluding hydrogens is 370 g/mol. The molecule has 0 saturated carbocycles. The fourth-order valence-corrected chi connectivity index (χ4v) is 4.75. The first-order chi connectivity index (χ1) is 9.30. The van der Waals surface area contributed by atoms with Gasteiger partial charge >= 0.3 is 0 Å². The standard InChI is InChI=1S/C7H5NO9S4/c9-19(10,11)5-2-1-4(8-3-18)6(20(12,13)14)7(5)21(15,16)17/h1-2H,(H,9,10,11)(H,12,13,14)(H,15,16,17). The summed E-state index contributed by atoms with van der Waals surface area (Å²) in [6.07, 6.45) is 0. The topological polar surface area (TPSA) is 175 Å². The van der Waals surface area contributed by atoms with Gasteiger partial charge in [0.05, 0.1) is 10.8 Å². The molecular formula is C7H5NO9S4. The second-order valence-electron chi connectivity index (χ2n) is 3.37. The van der Waals surface area contributed by atoms with Gasteiger partial charge in [-0.25, -0.2) is 0 Å². The Balaban J connectivity index is 4.28. The van der Waals surface area contributed by atoms with Gasteiger partial charge in [-0.2, -0.15) is 30.2 Å². The molecule has 10 nitrogen and oxygen atoms in total. The molecule has 0 aliphatic rings. The number of rotatable bonds is 4. The fraction of sp³-hybridized carbons (Fsp3) is 0. The van der Waals surface area contributed by atoms with Gasteiger partial charge in [-0.1, -0.05) is 0 Å². The zero-order valence-corrected chi connectivity index (χ0v) is 12.8. The Hall–Kier alpha value is -1.25. The molecule has 0 spiro atoms. The average Bonchev–Trinajstić information content (AvgIpc) is 2.24. The number of isothiocyanates is 1. The zero-order valence-electron chi connectivity index (χ0n) is 9.53. The lowest BCUT2D eigenvalue weighted by Gasteiger charge is -2.10. The third-order valence-corrected chi connectivity index (χ3v) is 5.13. The summed E-state index contributed by atoms with van der Waals surface area (Å²) in [5.41, 5.74) is -0.799. The molecule has 0 aromatic heterocycles. The van der Waals surface area contributed by atoms with Gasteiger partial charge in [0.25, 0.3) is 30.4 Å². The lowest BCUT2D eigenvalue weighted by Crippen LogP contribution is -2.14. The Morgan fingerprint density at radius 3 is 1.67 bits per heavy atom. The maximum Gasteiger partial charge on any atom is 0.298 e. The Bertz CT molecular complexity index is 952. The maximum absolute atomic E-state index is 11.3. The Labute approximate surface area is 124 Å². The van der Waals surface area contributed by atoms with E-state index in [0.717, 1.165) is 0 Å². The van der Waals surface area contributed by atoms with Crippen LogP contribution in [0.2, 0.25) is 0 Å². The predicted octanol–water partition coefficient (Wildman–Crippen LogP) is 0.161. The summed E-state index contributed by atoms with van der Waals surface area (Å²) in [5, 5.41) is 1.68. The zero-order chi connectivity index (χ0) is 16.6. The van der Waals surface area contributed by atoms with Crippen molar-refractivity contribution < 1.29 is 38.9 Å². The molecule has 0 bridgehead atoms. The van der Waals surface area contributed by atoms with E-state index in [2.05, 4.69) is 17.2 Å². The van der Waals surface area contributed by atoms with Crippen molar-refractivity contribution in [2.45, 2.75) is 14.7 Å². The number of hydrogen-bond acceptors (Lipinski definition) is 8. The third kappa shape index (κ3) is 3.90. The molecule has 116 valence electrons. The molecule has 0 saturated heterocycles. The minimum atomic E-state index is -5.47. The second-order valence-corrected chi connectivity index (χ2v) is 7.66. The predicted molar refractivity (Wildman–Crippen MR) is 70.6 cm³/mol. The van der Waals surface area contributed by atoms with Gasteiger partial charge in [0.15, 0.2) is 0 Å². The summed E-state index contributed by atoms with van der Waals surface area (Å²) in [6.45, 7) is 0. The summed E-state index contributed by atoms with van der Waals surface area (Å²) in [6, 6.07) is 1.10. The monoisotopic (exact) mass is 375 g/mol. The highest BCUT2D eigenvalue weighted by molar-refractivity contribution is 7.90. The van der Waals surface area contributed by atoms with Gasteiger partial charge in [-0.15, -0.1) is 0 Å². The molecule has 0 fully saturated rings. The van der Waals surface area contributed by atoms with E-state index in [-0.39, 0.29) is 0 Å². The lowest BCUT2D eigenvalue weighted by molar-refractivity contribution is 0.456. The van der Waals surface area contributed by atoms with Gasteiger partial charge in [0.2, 0.25) is 0 Å². The molecule has 1 rings (SSSR count). The van der Waals surface area contributed by atoms with E-state index in [0.29, 0.717) is 12.1 Å². The quantitative estimate of drug-likeness (QED) is 0.373. The molecule has 3 N–H and O–H groups in total. The number of aliphatic imine (C=N–C) groups is 1. The van der Waals surface area contributed by atoms with Crippen molar-refractivity contribution >= 4 is 53.4 Å². The van der Waals surface area contributed by atoms with Crippen LogP contribution >= 0.6 is 12.2 Å². The van der Waals surface area contributed by atoms with E-state index < -0.39 is 50.7 Å². The summed E-state index contributed by atoms with van der Waals surface area (Å²) >= 11 is 4.19. The highest BCUT2D eigenvalue weighted by Crippen LogP contribution is 2.35. The highest BCUT2D eigenvalue weighted by atomic mass is 32.2. The molecule has 0 heterocycles. The normalized spacial score (nSPS) is 12.7. The van der Waals surface area contributed by atoms with Crippen molar-refractivity contribution in [1.82, 2.24) is 0 Å². The third-order valence-electron chi connectivity index (χ3n) is 2.02. The van der Waals surface area contributed by atoms with Crippen molar-refractivity contribution in [3.63, 3.8) is 0 Å². The molecule has 14 heteroatoms. The highest BCUT2D eigenvalue weighted by Gasteiger charge is 2.34. The van der Waals surface area contributed by atoms with Crippen molar-refractivity contribution in [3.8, 4) is 0 Å². The SMILES string of the molecule is O=S(=O)(O)c1ccc(N=C=S)c(S(=O)(=O)O)c1S(=O)(=O)O. The molecule has 0 amide bonds.